The van der Waals surface area contributed by atoms with Gasteiger partial charge in [0.25, 0.3) is 0 Å². The number of benzene rings is 1. The number of rotatable bonds is 5. The molecule has 1 heterocycles. The first-order valence-electron chi connectivity index (χ1n) is 8.74. The summed E-state index contributed by atoms with van der Waals surface area (Å²) in [5.41, 5.74) is 3.40. The highest BCUT2D eigenvalue weighted by Crippen LogP contribution is 2.23. The maximum atomic E-state index is 12.4. The van der Waals surface area contributed by atoms with Crippen molar-refractivity contribution in [3.05, 3.63) is 34.9 Å². The second kappa shape index (κ2) is 7.26. The van der Waals surface area contributed by atoms with Crippen LogP contribution in [-0.2, 0) is 17.6 Å². The minimum absolute atomic E-state index is 0.00661. The summed E-state index contributed by atoms with van der Waals surface area (Å²) in [5, 5.41) is 9.29. The molecule has 1 aliphatic carbocycles. The minimum atomic E-state index is -0.0543. The third kappa shape index (κ3) is 3.63. The van der Waals surface area contributed by atoms with E-state index >= 15 is 0 Å². The molecule has 1 atom stereocenters. The molecule has 2 aliphatic rings. The van der Waals surface area contributed by atoms with Crippen molar-refractivity contribution in [1.29, 1.82) is 0 Å². The van der Waals surface area contributed by atoms with Gasteiger partial charge in [-0.1, -0.05) is 12.1 Å². The topological polar surface area (TPSA) is 57.6 Å². The lowest BCUT2D eigenvalue weighted by Crippen LogP contribution is -2.37. The monoisotopic (exact) mass is 315 g/mol. The summed E-state index contributed by atoms with van der Waals surface area (Å²) < 4.78 is 0. The number of carbonyl (C=O) groups excluding carboxylic acids is 2. The highest BCUT2D eigenvalue weighted by Gasteiger charge is 2.28. The third-order valence-corrected chi connectivity index (χ3v) is 5.14. The van der Waals surface area contributed by atoms with E-state index in [4.69, 9.17) is 0 Å². The lowest BCUT2D eigenvalue weighted by Gasteiger charge is -2.22. The van der Waals surface area contributed by atoms with E-state index in [1.807, 2.05) is 12.1 Å². The predicted octanol–water partition coefficient (Wildman–Crippen LogP) is 2.51. The van der Waals surface area contributed by atoms with Gasteiger partial charge in [0, 0.05) is 24.9 Å². The van der Waals surface area contributed by atoms with Crippen LogP contribution in [0.4, 0.5) is 0 Å². The van der Waals surface area contributed by atoms with E-state index in [0.29, 0.717) is 6.54 Å². The molecule has 0 bridgehead atoms. The molecule has 0 aromatic heterocycles. The Balaban J connectivity index is 1.58. The van der Waals surface area contributed by atoms with Gasteiger partial charge in [-0.3, -0.25) is 9.59 Å². The zero-order valence-corrected chi connectivity index (χ0v) is 13.6. The molecule has 1 aromatic rings. The second-order valence-corrected chi connectivity index (χ2v) is 6.68. The Hall–Kier alpha value is -1.68. The number of hydrogen-bond donors (Lipinski definition) is 1. The van der Waals surface area contributed by atoms with E-state index in [-0.39, 0.29) is 37.2 Å². The summed E-state index contributed by atoms with van der Waals surface area (Å²) in [4.78, 5) is 26.4. The molecule has 0 saturated carbocycles. The van der Waals surface area contributed by atoms with Gasteiger partial charge in [-0.2, -0.15) is 0 Å². The molecule has 1 saturated heterocycles. The number of aliphatic hydroxyl groups is 1. The molecule has 0 spiro atoms. The zero-order chi connectivity index (χ0) is 16.2. The molecular weight excluding hydrogens is 290 g/mol. The molecule has 4 heteroatoms. The summed E-state index contributed by atoms with van der Waals surface area (Å²) in [6.45, 7) is 0.724. The Morgan fingerprint density at radius 1 is 1.09 bits per heavy atom. The number of Topliss-reactive ketones (excluding diaryl/α,β-unsaturated/α-hetero) is 1. The van der Waals surface area contributed by atoms with Gasteiger partial charge in [-0.05, 0) is 55.7 Å². The first kappa shape index (κ1) is 16.2. The normalized spacial score (nSPS) is 20.4. The van der Waals surface area contributed by atoms with Crippen molar-refractivity contribution in [2.45, 2.75) is 57.4 Å². The first-order chi connectivity index (χ1) is 11.2. The maximum absolute atomic E-state index is 12.4. The van der Waals surface area contributed by atoms with Gasteiger partial charge in [-0.25, -0.2) is 0 Å². The van der Waals surface area contributed by atoms with Crippen molar-refractivity contribution >= 4 is 11.7 Å². The van der Waals surface area contributed by atoms with Gasteiger partial charge < -0.3 is 10.0 Å². The van der Waals surface area contributed by atoms with Crippen molar-refractivity contribution in [3.63, 3.8) is 0 Å². The van der Waals surface area contributed by atoms with Crippen molar-refractivity contribution in [2.24, 2.45) is 0 Å². The summed E-state index contributed by atoms with van der Waals surface area (Å²) in [5.74, 6) is 0.0410. The smallest absolute Gasteiger partial charge is 0.223 e. The number of aliphatic hydroxyl groups excluding tert-OH is 1. The second-order valence-electron chi connectivity index (χ2n) is 6.68. The van der Waals surface area contributed by atoms with Gasteiger partial charge in [0.05, 0.1) is 12.6 Å². The van der Waals surface area contributed by atoms with Gasteiger partial charge in [-0.15, -0.1) is 0 Å². The quantitative estimate of drug-likeness (QED) is 0.849. The maximum Gasteiger partial charge on any atom is 0.223 e. The number of carbonyl (C=O) groups is 2. The first-order valence-corrected chi connectivity index (χ1v) is 8.74. The van der Waals surface area contributed by atoms with Gasteiger partial charge in [0.2, 0.25) is 5.91 Å². The minimum Gasteiger partial charge on any atom is -0.394 e. The molecule has 1 aromatic carbocycles. The average Bonchev–Trinajstić information content (AvgIpc) is 3.07. The van der Waals surface area contributed by atoms with E-state index in [0.717, 1.165) is 31.2 Å². The third-order valence-electron chi connectivity index (χ3n) is 5.14. The van der Waals surface area contributed by atoms with Crippen LogP contribution in [0.3, 0.4) is 0 Å². The van der Waals surface area contributed by atoms with Crippen molar-refractivity contribution in [1.82, 2.24) is 4.90 Å². The Kier molecular flexibility index (Phi) is 5.11. The molecule has 0 radical (unpaired) electrons. The molecule has 0 unspecified atom stereocenters. The lowest BCUT2D eigenvalue weighted by molar-refractivity contribution is -0.132. The van der Waals surface area contributed by atoms with E-state index < -0.39 is 0 Å². The summed E-state index contributed by atoms with van der Waals surface area (Å²) >= 11 is 0. The summed E-state index contributed by atoms with van der Waals surface area (Å²) in [6, 6.07) is 5.95. The van der Waals surface area contributed by atoms with Crippen molar-refractivity contribution in [2.75, 3.05) is 13.2 Å². The SMILES string of the molecule is O=C(CCC(=O)N1CCC[C@@H]1CO)c1ccc2c(c1)CCCC2. The molecule has 3 rings (SSSR count). The Bertz CT molecular complexity index is 596. The number of aryl methyl sites for hydroxylation is 2. The number of fused-ring (bicyclic) bond motifs is 1. The number of nitrogens with zero attached hydrogens (tertiary/aromatic N) is 1. The van der Waals surface area contributed by atoms with Gasteiger partial charge >= 0.3 is 0 Å². The summed E-state index contributed by atoms with van der Waals surface area (Å²) in [6.07, 6.45) is 6.90. The van der Waals surface area contributed by atoms with Crippen LogP contribution in [0.5, 0.6) is 0 Å². The molecule has 1 N–H and O–H groups in total. The Morgan fingerprint density at radius 2 is 1.87 bits per heavy atom. The standard InChI is InChI=1S/C19H25NO3/c21-13-17-6-3-11-20(17)19(23)10-9-18(22)16-8-7-14-4-1-2-5-15(14)12-16/h7-8,12,17,21H,1-6,9-11,13H2/t17-/m1/s1. The largest absolute Gasteiger partial charge is 0.394 e. The number of ketones is 1. The average molecular weight is 315 g/mol. The van der Waals surface area contributed by atoms with Crippen LogP contribution in [0.2, 0.25) is 0 Å². The van der Waals surface area contributed by atoms with Crippen molar-refractivity contribution in [3.8, 4) is 0 Å². The van der Waals surface area contributed by atoms with Crippen LogP contribution in [0.15, 0.2) is 18.2 Å². The molecule has 1 amide bonds. The highest BCUT2D eigenvalue weighted by molar-refractivity contribution is 5.98. The predicted molar refractivity (Wildman–Crippen MR) is 88.5 cm³/mol. The van der Waals surface area contributed by atoms with Crippen LogP contribution in [0, 0.1) is 0 Å². The van der Waals surface area contributed by atoms with E-state index in [2.05, 4.69) is 6.07 Å². The molecule has 124 valence electrons. The molecule has 1 aliphatic heterocycles. The molecule has 4 nitrogen and oxygen atoms in total. The van der Waals surface area contributed by atoms with Gasteiger partial charge in [0.15, 0.2) is 5.78 Å². The van der Waals surface area contributed by atoms with Crippen LogP contribution in [-0.4, -0.2) is 40.9 Å². The molecular formula is C19H25NO3. The number of likely N-dealkylation sites (tertiary alicyclic amines) is 1. The molecule has 23 heavy (non-hydrogen) atoms. The van der Waals surface area contributed by atoms with Crippen LogP contribution in [0.1, 0.15) is 60.0 Å². The number of amides is 1. The molecule has 1 fully saturated rings. The van der Waals surface area contributed by atoms with E-state index in [1.165, 1.54) is 24.0 Å². The Morgan fingerprint density at radius 3 is 2.65 bits per heavy atom. The van der Waals surface area contributed by atoms with E-state index in [1.54, 1.807) is 4.90 Å². The lowest BCUT2D eigenvalue weighted by atomic mass is 9.89. The highest BCUT2D eigenvalue weighted by atomic mass is 16.3. The van der Waals surface area contributed by atoms with Crippen LogP contribution < -0.4 is 0 Å². The zero-order valence-electron chi connectivity index (χ0n) is 13.6. The van der Waals surface area contributed by atoms with Crippen LogP contribution >= 0.6 is 0 Å². The fourth-order valence-corrected chi connectivity index (χ4v) is 3.77. The fourth-order valence-electron chi connectivity index (χ4n) is 3.77. The summed E-state index contributed by atoms with van der Waals surface area (Å²) in [7, 11) is 0. The van der Waals surface area contributed by atoms with Crippen LogP contribution in [0.25, 0.3) is 0 Å². The van der Waals surface area contributed by atoms with Crippen molar-refractivity contribution < 1.29 is 14.7 Å². The number of hydrogen-bond acceptors (Lipinski definition) is 3. The fraction of sp³-hybridized carbons (Fsp3) is 0.579. The van der Waals surface area contributed by atoms with Gasteiger partial charge in [0.1, 0.15) is 0 Å². The van der Waals surface area contributed by atoms with E-state index in [9.17, 15) is 14.7 Å². The Labute approximate surface area is 137 Å².